The third-order valence-electron chi connectivity index (χ3n) is 5.12. The summed E-state index contributed by atoms with van der Waals surface area (Å²) < 4.78 is 0. The minimum atomic E-state index is 0.106. The molecule has 154 valence electrons. The van der Waals surface area contributed by atoms with Crippen molar-refractivity contribution < 1.29 is 0 Å². The molecule has 1 fully saturated rings. The molecule has 0 spiro atoms. The maximum Gasteiger partial charge on any atom is 0.223 e. The Morgan fingerprint density at radius 3 is 2.46 bits per heavy atom. The van der Waals surface area contributed by atoms with Crippen LogP contribution in [0.1, 0.15) is 46.2 Å². The summed E-state index contributed by atoms with van der Waals surface area (Å²) in [5.41, 5.74) is 3.24. The van der Waals surface area contributed by atoms with Crippen LogP contribution in [0.2, 0.25) is 5.02 Å². The lowest BCUT2D eigenvalue weighted by Crippen LogP contribution is -2.52. The first kappa shape index (κ1) is 22.4. The molecule has 28 heavy (non-hydrogen) atoms. The van der Waals surface area contributed by atoms with Crippen molar-refractivity contribution in [1.29, 1.82) is 0 Å². The number of allylic oxidation sites excluding steroid dienone is 1. The molecular formula is C22H34ClN5. The molecule has 1 aromatic carbocycles. The van der Waals surface area contributed by atoms with Gasteiger partial charge in [-0.3, -0.25) is 0 Å². The summed E-state index contributed by atoms with van der Waals surface area (Å²) in [5, 5.41) is 7.77. The van der Waals surface area contributed by atoms with Gasteiger partial charge in [-0.2, -0.15) is 5.10 Å². The van der Waals surface area contributed by atoms with Crippen LogP contribution in [-0.4, -0.2) is 59.7 Å². The Morgan fingerprint density at radius 1 is 1.29 bits per heavy atom. The number of likely N-dealkylation sites (N-methyl/N-ethyl adjacent to an activating group) is 1. The number of hydrazone groups is 1. The molecule has 2 aliphatic rings. The van der Waals surface area contributed by atoms with Crippen molar-refractivity contribution in [3.8, 4) is 0 Å². The summed E-state index contributed by atoms with van der Waals surface area (Å²) in [6.07, 6.45) is 1.75. The quantitative estimate of drug-likeness (QED) is 0.504. The van der Waals surface area contributed by atoms with Crippen LogP contribution in [0.5, 0.6) is 0 Å². The van der Waals surface area contributed by atoms with E-state index in [0.29, 0.717) is 5.92 Å². The van der Waals surface area contributed by atoms with Gasteiger partial charge < -0.3 is 9.80 Å². The number of benzene rings is 1. The van der Waals surface area contributed by atoms with Gasteiger partial charge in [0.05, 0.1) is 11.7 Å². The van der Waals surface area contributed by atoms with E-state index in [-0.39, 0.29) is 6.04 Å². The highest BCUT2D eigenvalue weighted by Gasteiger charge is 2.32. The first-order valence-electron chi connectivity index (χ1n) is 10.0. The fourth-order valence-electron chi connectivity index (χ4n) is 3.06. The number of nitrogens with zero attached hydrogens (tertiary/aromatic N) is 5. The molecule has 6 heteroatoms. The molecule has 0 aliphatic carbocycles. The number of halogens is 1. The Kier molecular flexibility index (Phi) is 8.08. The van der Waals surface area contributed by atoms with Crippen LogP contribution in [0.3, 0.4) is 0 Å². The van der Waals surface area contributed by atoms with Crippen molar-refractivity contribution >= 4 is 29.0 Å². The number of guanidine groups is 1. The maximum atomic E-state index is 6.23. The van der Waals surface area contributed by atoms with E-state index >= 15 is 0 Å². The SMILES string of the molecule is C/C(=N\N1C(N2CCN(C)CC2)=Nc2ccc(Cl)cc2C1C)C(C)C.C=CC. The molecule has 2 aliphatic heterocycles. The summed E-state index contributed by atoms with van der Waals surface area (Å²) in [7, 11) is 2.17. The molecule has 0 bridgehead atoms. The second kappa shape index (κ2) is 10.1. The van der Waals surface area contributed by atoms with E-state index in [2.05, 4.69) is 56.1 Å². The lowest BCUT2D eigenvalue weighted by atomic mass is 10.0. The van der Waals surface area contributed by atoms with E-state index in [1.807, 2.05) is 25.1 Å². The predicted molar refractivity (Wildman–Crippen MR) is 122 cm³/mol. The second-order valence-electron chi connectivity index (χ2n) is 7.73. The fraction of sp³-hybridized carbons (Fsp3) is 0.545. The average molecular weight is 404 g/mol. The summed E-state index contributed by atoms with van der Waals surface area (Å²) >= 11 is 6.23. The van der Waals surface area contributed by atoms with Crippen molar-refractivity contribution in [2.45, 2.75) is 40.7 Å². The average Bonchev–Trinajstić information content (AvgIpc) is 2.65. The molecule has 0 radical (unpaired) electrons. The predicted octanol–water partition coefficient (Wildman–Crippen LogP) is 5.18. The van der Waals surface area contributed by atoms with Gasteiger partial charge in [-0.05, 0) is 51.9 Å². The van der Waals surface area contributed by atoms with Crippen LogP contribution in [0.15, 0.2) is 40.9 Å². The third kappa shape index (κ3) is 5.36. The second-order valence-corrected chi connectivity index (χ2v) is 8.17. The lowest BCUT2D eigenvalue weighted by molar-refractivity contribution is 0.186. The highest BCUT2D eigenvalue weighted by atomic mass is 35.5. The van der Waals surface area contributed by atoms with Crippen LogP contribution in [0.25, 0.3) is 0 Å². The van der Waals surface area contributed by atoms with Crippen molar-refractivity contribution in [2.75, 3.05) is 33.2 Å². The van der Waals surface area contributed by atoms with Crippen LogP contribution in [-0.2, 0) is 0 Å². The number of hydrogen-bond acceptors (Lipinski definition) is 5. The van der Waals surface area contributed by atoms with E-state index in [9.17, 15) is 0 Å². The zero-order valence-corrected chi connectivity index (χ0v) is 18.9. The zero-order valence-electron chi connectivity index (χ0n) is 18.1. The molecule has 2 heterocycles. The standard InChI is InChI=1S/C19H28ClN5.C3H6/c1-13(2)14(3)22-25-15(4)17-12-16(20)6-7-18(17)21-19(25)24-10-8-23(5)9-11-24;1-3-2/h6-7,12-13,15H,8-11H2,1-5H3;3H,1H2,2H3/b22-14+;. The van der Waals surface area contributed by atoms with E-state index < -0.39 is 0 Å². The lowest BCUT2D eigenvalue weighted by Gasteiger charge is -2.41. The van der Waals surface area contributed by atoms with Gasteiger partial charge in [0.15, 0.2) is 0 Å². The highest BCUT2D eigenvalue weighted by molar-refractivity contribution is 6.30. The minimum absolute atomic E-state index is 0.106. The maximum absolute atomic E-state index is 6.23. The largest absolute Gasteiger partial charge is 0.338 e. The summed E-state index contributed by atoms with van der Waals surface area (Å²) in [4.78, 5) is 9.67. The van der Waals surface area contributed by atoms with Crippen molar-refractivity contribution in [2.24, 2.45) is 16.0 Å². The fourth-order valence-corrected chi connectivity index (χ4v) is 3.25. The van der Waals surface area contributed by atoms with Gasteiger partial charge in [0.1, 0.15) is 0 Å². The van der Waals surface area contributed by atoms with Crippen molar-refractivity contribution in [3.05, 3.63) is 41.4 Å². The van der Waals surface area contributed by atoms with Crippen molar-refractivity contribution in [3.63, 3.8) is 0 Å². The number of rotatable bonds is 2. The molecule has 1 aromatic rings. The minimum Gasteiger partial charge on any atom is -0.338 e. The number of aliphatic imine (C=N–C) groups is 1. The number of piperazine rings is 1. The number of hydrogen-bond donors (Lipinski definition) is 0. The Balaban J connectivity index is 0.000000878. The normalized spacial score (nSPS) is 20.4. The van der Waals surface area contributed by atoms with Crippen LogP contribution < -0.4 is 0 Å². The molecule has 0 saturated carbocycles. The van der Waals surface area contributed by atoms with Gasteiger partial charge in [0, 0.05) is 42.5 Å². The Morgan fingerprint density at radius 2 is 1.89 bits per heavy atom. The van der Waals surface area contributed by atoms with Gasteiger partial charge >= 0.3 is 0 Å². The van der Waals surface area contributed by atoms with Crippen molar-refractivity contribution in [1.82, 2.24) is 14.8 Å². The molecule has 1 unspecified atom stereocenters. The van der Waals surface area contributed by atoms with E-state index in [4.69, 9.17) is 21.7 Å². The zero-order chi connectivity index (χ0) is 20.8. The van der Waals surface area contributed by atoms with E-state index in [1.54, 1.807) is 6.08 Å². The molecule has 0 aromatic heterocycles. The van der Waals surface area contributed by atoms with E-state index in [0.717, 1.165) is 54.1 Å². The Labute approximate surface area is 175 Å². The topological polar surface area (TPSA) is 34.4 Å². The molecular weight excluding hydrogens is 370 g/mol. The van der Waals surface area contributed by atoms with Gasteiger partial charge in [0.2, 0.25) is 5.96 Å². The first-order chi connectivity index (χ1) is 13.3. The van der Waals surface area contributed by atoms with Crippen LogP contribution in [0, 0.1) is 5.92 Å². The summed E-state index contributed by atoms with van der Waals surface area (Å²) in [6.45, 7) is 17.9. The first-order valence-corrected chi connectivity index (χ1v) is 10.4. The third-order valence-corrected chi connectivity index (χ3v) is 5.35. The highest BCUT2D eigenvalue weighted by Crippen LogP contribution is 2.37. The van der Waals surface area contributed by atoms with Gasteiger partial charge in [-0.25, -0.2) is 10.0 Å². The molecule has 3 rings (SSSR count). The number of fused-ring (bicyclic) bond motifs is 1. The van der Waals surface area contributed by atoms with Gasteiger partial charge in [-0.1, -0.05) is 31.5 Å². The van der Waals surface area contributed by atoms with Crippen LogP contribution >= 0.6 is 11.6 Å². The van der Waals surface area contributed by atoms with E-state index in [1.165, 1.54) is 0 Å². The molecule has 1 saturated heterocycles. The van der Waals surface area contributed by atoms with Crippen LogP contribution in [0.4, 0.5) is 5.69 Å². The Bertz CT molecular complexity index is 732. The Hall–Kier alpha value is -1.85. The molecule has 5 nitrogen and oxygen atoms in total. The van der Waals surface area contributed by atoms with Gasteiger partial charge in [0.25, 0.3) is 0 Å². The smallest absolute Gasteiger partial charge is 0.223 e. The monoisotopic (exact) mass is 403 g/mol. The summed E-state index contributed by atoms with van der Waals surface area (Å²) in [6, 6.07) is 6.05. The molecule has 0 N–H and O–H groups in total. The molecule has 1 atom stereocenters. The summed E-state index contributed by atoms with van der Waals surface area (Å²) in [5.74, 6) is 1.36. The molecule has 0 amide bonds. The van der Waals surface area contributed by atoms with Gasteiger partial charge in [-0.15, -0.1) is 6.58 Å².